The monoisotopic (exact) mass is 322 g/mol. The van der Waals surface area contributed by atoms with E-state index in [4.69, 9.17) is 0 Å². The highest BCUT2D eigenvalue weighted by atomic mass is 32.2. The van der Waals surface area contributed by atoms with Crippen LogP contribution in [0.15, 0.2) is 52.3 Å². The van der Waals surface area contributed by atoms with Gasteiger partial charge in [0.15, 0.2) is 0 Å². The lowest BCUT2D eigenvalue weighted by atomic mass is 10.1. The van der Waals surface area contributed by atoms with E-state index < -0.39 is 15.9 Å². The van der Waals surface area contributed by atoms with Crippen molar-refractivity contribution in [2.24, 2.45) is 0 Å². The molecule has 1 rings (SSSR count). The summed E-state index contributed by atoms with van der Waals surface area (Å²) < 4.78 is 25.5. The van der Waals surface area contributed by atoms with Gasteiger partial charge in [-0.25, -0.2) is 8.42 Å². The number of hydrogen-bond donors (Lipinski definition) is 1. The maximum absolute atomic E-state index is 12.7. The van der Waals surface area contributed by atoms with E-state index in [1.807, 2.05) is 20.8 Å². The summed E-state index contributed by atoms with van der Waals surface area (Å²) in [7, 11) is -3.60. The first kappa shape index (κ1) is 18.7. The van der Waals surface area contributed by atoms with Crippen LogP contribution in [0.3, 0.4) is 0 Å². The molecule has 0 amide bonds. The summed E-state index contributed by atoms with van der Waals surface area (Å²) in [5.74, 6) is 0. The van der Waals surface area contributed by atoms with Crippen LogP contribution in [-0.4, -0.2) is 19.6 Å². The lowest BCUT2D eigenvalue weighted by Crippen LogP contribution is -2.09. The molecule has 1 aromatic carbocycles. The second kappa shape index (κ2) is 8.91. The predicted octanol–water partition coefficient (Wildman–Crippen LogP) is 4.17. The molecule has 0 saturated heterocycles. The molecule has 1 N–H and O–H groups in total. The Morgan fingerprint density at radius 2 is 1.86 bits per heavy atom. The average molecular weight is 322 g/mol. The van der Waals surface area contributed by atoms with E-state index in [1.54, 1.807) is 36.4 Å². The van der Waals surface area contributed by atoms with Gasteiger partial charge in [-0.1, -0.05) is 50.5 Å². The Balaban J connectivity index is 3.17. The van der Waals surface area contributed by atoms with Crippen molar-refractivity contribution in [1.82, 2.24) is 0 Å². The number of unbranched alkanes of at least 4 members (excludes halogenated alkanes) is 1. The minimum absolute atomic E-state index is 0.168. The van der Waals surface area contributed by atoms with E-state index in [9.17, 15) is 13.5 Å². The van der Waals surface area contributed by atoms with E-state index in [0.717, 1.165) is 24.8 Å². The van der Waals surface area contributed by atoms with Crippen molar-refractivity contribution >= 4 is 9.84 Å². The largest absolute Gasteiger partial charge is 0.389 e. The number of allylic oxidation sites excluding steroid dienone is 2. The van der Waals surface area contributed by atoms with Crippen LogP contribution in [0, 0.1) is 6.92 Å². The van der Waals surface area contributed by atoms with E-state index in [2.05, 4.69) is 0 Å². The molecule has 0 saturated carbocycles. The number of benzene rings is 1. The Bertz CT molecular complexity index is 610. The molecule has 0 fully saturated rings. The Labute approximate surface area is 134 Å². The van der Waals surface area contributed by atoms with Gasteiger partial charge >= 0.3 is 0 Å². The average Bonchev–Trinajstić information content (AvgIpc) is 2.49. The first-order valence-electron chi connectivity index (χ1n) is 7.80. The lowest BCUT2D eigenvalue weighted by Gasteiger charge is -2.10. The molecule has 0 aliphatic rings. The van der Waals surface area contributed by atoms with Gasteiger partial charge in [0.25, 0.3) is 0 Å². The standard InChI is InChI=1S/C18H26O3S/c1-4-6-8-16(19)14-18(9-7-5-2)22(20,21)17-12-10-15(3)11-13-17/h7,9-14,16,19H,4-6,8H2,1-3H3/b9-7+,18-14+/t16-/m1/s1. The summed E-state index contributed by atoms with van der Waals surface area (Å²) in [5, 5.41) is 10.0. The van der Waals surface area contributed by atoms with Crippen LogP contribution >= 0.6 is 0 Å². The quantitative estimate of drug-likeness (QED) is 0.731. The molecule has 122 valence electrons. The normalized spacial score (nSPS) is 14.5. The summed E-state index contributed by atoms with van der Waals surface area (Å²) >= 11 is 0. The number of aliphatic hydroxyl groups is 1. The zero-order valence-corrected chi connectivity index (χ0v) is 14.4. The molecular weight excluding hydrogens is 296 g/mol. The number of rotatable bonds is 8. The number of aryl methyl sites for hydroxylation is 1. The number of aliphatic hydroxyl groups excluding tert-OH is 1. The van der Waals surface area contributed by atoms with Gasteiger partial charge in [-0.05, 0) is 44.1 Å². The maximum Gasteiger partial charge on any atom is 0.206 e. The fourth-order valence-electron chi connectivity index (χ4n) is 2.01. The molecule has 1 atom stereocenters. The molecular formula is C18H26O3S. The Morgan fingerprint density at radius 1 is 1.23 bits per heavy atom. The van der Waals surface area contributed by atoms with Crippen LogP contribution < -0.4 is 0 Å². The van der Waals surface area contributed by atoms with Crippen LogP contribution in [0.25, 0.3) is 0 Å². The highest BCUT2D eigenvalue weighted by molar-refractivity contribution is 7.95. The van der Waals surface area contributed by atoms with Crippen LogP contribution in [-0.2, 0) is 9.84 Å². The van der Waals surface area contributed by atoms with Crippen LogP contribution in [0.5, 0.6) is 0 Å². The summed E-state index contributed by atoms with van der Waals surface area (Å²) in [4.78, 5) is 0.426. The summed E-state index contributed by atoms with van der Waals surface area (Å²) in [6.45, 7) is 5.90. The van der Waals surface area contributed by atoms with Crippen molar-refractivity contribution in [3.05, 3.63) is 53.0 Å². The first-order chi connectivity index (χ1) is 10.4. The summed E-state index contributed by atoms with van der Waals surface area (Å²) in [6, 6.07) is 6.77. The fourth-order valence-corrected chi connectivity index (χ4v) is 3.39. The zero-order valence-electron chi connectivity index (χ0n) is 13.6. The van der Waals surface area contributed by atoms with Gasteiger partial charge in [0.1, 0.15) is 0 Å². The van der Waals surface area contributed by atoms with Gasteiger partial charge in [0.2, 0.25) is 9.84 Å². The van der Waals surface area contributed by atoms with Crippen molar-refractivity contribution < 1.29 is 13.5 Å². The fraction of sp³-hybridized carbons (Fsp3) is 0.444. The summed E-state index contributed by atoms with van der Waals surface area (Å²) in [5.41, 5.74) is 1.01. The van der Waals surface area contributed by atoms with Crippen molar-refractivity contribution in [2.75, 3.05) is 0 Å². The van der Waals surface area contributed by atoms with E-state index in [-0.39, 0.29) is 9.80 Å². The molecule has 3 nitrogen and oxygen atoms in total. The van der Waals surface area contributed by atoms with E-state index in [0.29, 0.717) is 6.42 Å². The highest BCUT2D eigenvalue weighted by Crippen LogP contribution is 2.22. The molecule has 0 radical (unpaired) electrons. The van der Waals surface area contributed by atoms with E-state index >= 15 is 0 Å². The van der Waals surface area contributed by atoms with E-state index in [1.165, 1.54) is 6.08 Å². The van der Waals surface area contributed by atoms with Crippen LogP contribution in [0.2, 0.25) is 0 Å². The SMILES string of the molecule is CC/C=C/C(=C\[C@H](O)CCCC)S(=O)(=O)c1ccc(C)cc1. The molecule has 0 unspecified atom stereocenters. The van der Waals surface area contributed by atoms with Crippen molar-refractivity contribution in [3.63, 3.8) is 0 Å². The van der Waals surface area contributed by atoms with Gasteiger partial charge in [-0.2, -0.15) is 0 Å². The van der Waals surface area contributed by atoms with Gasteiger partial charge in [-0.3, -0.25) is 0 Å². The molecule has 4 heteroatoms. The molecule has 0 aliphatic heterocycles. The molecule has 0 heterocycles. The van der Waals surface area contributed by atoms with Gasteiger partial charge in [0.05, 0.1) is 15.9 Å². The molecule has 0 spiro atoms. The van der Waals surface area contributed by atoms with Crippen LogP contribution in [0.1, 0.15) is 45.1 Å². The Morgan fingerprint density at radius 3 is 2.41 bits per heavy atom. The second-order valence-electron chi connectivity index (χ2n) is 5.41. The van der Waals surface area contributed by atoms with Crippen molar-refractivity contribution in [3.8, 4) is 0 Å². The van der Waals surface area contributed by atoms with Gasteiger partial charge < -0.3 is 5.11 Å². The number of sulfone groups is 1. The molecule has 0 bridgehead atoms. The third-order valence-corrected chi connectivity index (χ3v) is 5.16. The van der Waals surface area contributed by atoms with Crippen molar-refractivity contribution in [2.45, 2.75) is 57.5 Å². The summed E-state index contributed by atoms with van der Waals surface area (Å²) in [6.07, 6.45) is 7.25. The minimum Gasteiger partial charge on any atom is -0.389 e. The molecule has 1 aromatic rings. The highest BCUT2D eigenvalue weighted by Gasteiger charge is 2.19. The maximum atomic E-state index is 12.7. The lowest BCUT2D eigenvalue weighted by molar-refractivity contribution is 0.209. The third kappa shape index (κ3) is 5.43. The molecule has 0 aromatic heterocycles. The topological polar surface area (TPSA) is 54.4 Å². The minimum atomic E-state index is -3.60. The van der Waals surface area contributed by atoms with Crippen molar-refractivity contribution in [1.29, 1.82) is 0 Å². The third-order valence-electron chi connectivity index (χ3n) is 3.37. The zero-order chi connectivity index (χ0) is 16.6. The van der Waals surface area contributed by atoms with Crippen LogP contribution in [0.4, 0.5) is 0 Å². The Kier molecular flexibility index (Phi) is 7.56. The molecule has 0 aliphatic carbocycles. The smallest absolute Gasteiger partial charge is 0.206 e. The molecule has 22 heavy (non-hydrogen) atoms. The first-order valence-corrected chi connectivity index (χ1v) is 9.28. The Hall–Kier alpha value is -1.39. The predicted molar refractivity (Wildman–Crippen MR) is 91.4 cm³/mol. The van der Waals surface area contributed by atoms with Gasteiger partial charge in [0, 0.05) is 0 Å². The number of hydrogen-bond acceptors (Lipinski definition) is 3. The second-order valence-corrected chi connectivity index (χ2v) is 7.36. The van der Waals surface area contributed by atoms with Gasteiger partial charge in [-0.15, -0.1) is 0 Å².